The van der Waals surface area contributed by atoms with Crippen molar-refractivity contribution in [2.45, 2.75) is 51.6 Å². The third-order valence-corrected chi connectivity index (χ3v) is 9.13. The first-order valence-corrected chi connectivity index (χ1v) is 13.9. The number of hydrogen-bond donors (Lipinski definition) is 1. The molecule has 4 aromatic rings. The highest BCUT2D eigenvalue weighted by Gasteiger charge is 2.23. The van der Waals surface area contributed by atoms with E-state index in [1.54, 1.807) is 23.5 Å². The Bertz CT molecular complexity index is 1420. The number of carbonyl (C=O) groups excluding carboxylic acids is 1. The highest BCUT2D eigenvalue weighted by molar-refractivity contribution is 7.89. The number of aromatic nitrogens is 2. The molecule has 9 heteroatoms. The van der Waals surface area contributed by atoms with Gasteiger partial charge >= 0.3 is 0 Å². The summed E-state index contributed by atoms with van der Waals surface area (Å²) in [6.45, 7) is 7.71. The number of rotatable bonds is 10. The zero-order valence-electron chi connectivity index (χ0n) is 19.7. The lowest BCUT2D eigenvalue weighted by Gasteiger charge is -2.18. The number of hydrogen-bond acceptors (Lipinski definition) is 5. The average molecular weight is 499 g/mol. The Kier molecular flexibility index (Phi) is 7.35. The predicted octanol–water partition coefficient (Wildman–Crippen LogP) is 4.55. The Balaban J connectivity index is 1.47. The second-order valence-corrected chi connectivity index (χ2v) is 10.9. The van der Waals surface area contributed by atoms with Crippen LogP contribution in [0, 0.1) is 0 Å². The van der Waals surface area contributed by atoms with Crippen LogP contribution in [0.15, 0.2) is 52.7 Å². The van der Waals surface area contributed by atoms with Crippen LogP contribution in [0.1, 0.15) is 38.6 Å². The molecule has 0 fully saturated rings. The van der Waals surface area contributed by atoms with Crippen LogP contribution >= 0.6 is 11.3 Å². The molecule has 0 aliphatic heterocycles. The number of thiophene rings is 1. The van der Waals surface area contributed by atoms with Gasteiger partial charge in [-0.25, -0.2) is 13.4 Å². The normalized spacial score (nSPS) is 12.1. The quantitative estimate of drug-likeness (QED) is 0.348. The summed E-state index contributed by atoms with van der Waals surface area (Å²) >= 11 is 1.68. The number of carbonyl (C=O) groups is 1. The molecule has 0 atom stereocenters. The van der Waals surface area contributed by atoms with E-state index >= 15 is 0 Å². The highest BCUT2D eigenvalue weighted by atomic mass is 32.2. The van der Waals surface area contributed by atoms with Gasteiger partial charge in [0, 0.05) is 43.7 Å². The van der Waals surface area contributed by atoms with E-state index in [2.05, 4.69) is 22.8 Å². The van der Waals surface area contributed by atoms with Crippen molar-refractivity contribution < 1.29 is 13.2 Å². The first-order valence-electron chi connectivity index (χ1n) is 11.6. The van der Waals surface area contributed by atoms with Gasteiger partial charge in [-0.2, -0.15) is 4.31 Å². The maximum Gasteiger partial charge on any atom is 0.243 e. The monoisotopic (exact) mass is 498 g/mol. The van der Waals surface area contributed by atoms with Crippen molar-refractivity contribution in [1.29, 1.82) is 0 Å². The molecule has 4 rings (SSSR count). The Hall–Kier alpha value is -2.75. The van der Waals surface area contributed by atoms with Gasteiger partial charge in [-0.05, 0) is 47.5 Å². The van der Waals surface area contributed by atoms with Gasteiger partial charge in [0.15, 0.2) is 0 Å². The van der Waals surface area contributed by atoms with Crippen LogP contribution in [-0.4, -0.2) is 41.3 Å². The van der Waals surface area contributed by atoms with Gasteiger partial charge in [0.1, 0.15) is 5.82 Å². The van der Waals surface area contributed by atoms with Gasteiger partial charge in [0.2, 0.25) is 15.9 Å². The number of nitrogens with zero attached hydrogens (tertiary/aromatic N) is 3. The molecule has 0 unspecified atom stereocenters. The van der Waals surface area contributed by atoms with Crippen LogP contribution in [-0.2, 0) is 34.3 Å². The molecule has 0 bridgehead atoms. The third-order valence-electron chi connectivity index (χ3n) is 6.07. The third kappa shape index (κ3) is 4.73. The summed E-state index contributed by atoms with van der Waals surface area (Å²) in [5.41, 5.74) is 2.63. The number of imidazole rings is 1. The predicted molar refractivity (Wildman–Crippen MR) is 138 cm³/mol. The fourth-order valence-corrected chi connectivity index (χ4v) is 6.69. The number of aryl methyl sites for hydroxylation is 2. The lowest BCUT2D eigenvalue weighted by atomic mass is 10.2. The molecular weight excluding hydrogens is 468 g/mol. The van der Waals surface area contributed by atoms with Crippen molar-refractivity contribution in [1.82, 2.24) is 19.2 Å². The maximum absolute atomic E-state index is 12.9. The Morgan fingerprint density at radius 1 is 1.12 bits per heavy atom. The first kappa shape index (κ1) is 24.4. The molecule has 0 spiro atoms. The second kappa shape index (κ2) is 10.2. The number of sulfonamides is 1. The van der Waals surface area contributed by atoms with Crippen LogP contribution in [0.2, 0.25) is 0 Å². The number of nitrogens with one attached hydrogen (secondary N) is 1. The molecule has 0 saturated heterocycles. The van der Waals surface area contributed by atoms with Gasteiger partial charge in [-0.15, -0.1) is 11.3 Å². The summed E-state index contributed by atoms with van der Waals surface area (Å²) in [5.74, 6) is 0.751. The van der Waals surface area contributed by atoms with Crippen molar-refractivity contribution in [3.8, 4) is 0 Å². The number of amides is 1. The van der Waals surface area contributed by atoms with Crippen molar-refractivity contribution >= 4 is 48.4 Å². The SMILES string of the molecule is CCN(CC)S(=O)(=O)c1ccc2c(c1)nc(CCC(=O)NCc1csc3ccccc13)n2CC. The van der Waals surface area contributed by atoms with Gasteiger partial charge in [0.25, 0.3) is 0 Å². The van der Waals surface area contributed by atoms with E-state index < -0.39 is 10.0 Å². The summed E-state index contributed by atoms with van der Waals surface area (Å²) in [4.78, 5) is 17.5. The maximum atomic E-state index is 12.9. The molecule has 0 aliphatic carbocycles. The Morgan fingerprint density at radius 3 is 2.62 bits per heavy atom. The fraction of sp³-hybridized carbons (Fsp3) is 0.360. The zero-order chi connectivity index (χ0) is 24.3. The fourth-order valence-electron chi connectivity index (χ4n) is 4.25. The van der Waals surface area contributed by atoms with E-state index in [1.165, 1.54) is 14.4 Å². The smallest absolute Gasteiger partial charge is 0.243 e. The van der Waals surface area contributed by atoms with Crippen LogP contribution in [0.4, 0.5) is 0 Å². The lowest BCUT2D eigenvalue weighted by molar-refractivity contribution is -0.121. The Labute approximate surface area is 204 Å². The van der Waals surface area contributed by atoms with Crippen molar-refractivity contribution in [2.75, 3.05) is 13.1 Å². The largest absolute Gasteiger partial charge is 0.352 e. The molecule has 0 saturated carbocycles. The van der Waals surface area contributed by atoms with Gasteiger partial charge in [-0.3, -0.25) is 4.79 Å². The molecule has 1 amide bonds. The summed E-state index contributed by atoms with van der Waals surface area (Å²) in [6.07, 6.45) is 0.798. The molecular formula is C25H30N4O3S2. The summed E-state index contributed by atoms with van der Waals surface area (Å²) in [7, 11) is -3.55. The van der Waals surface area contributed by atoms with Gasteiger partial charge in [-0.1, -0.05) is 32.0 Å². The van der Waals surface area contributed by atoms with E-state index in [9.17, 15) is 13.2 Å². The minimum Gasteiger partial charge on any atom is -0.352 e. The molecule has 2 heterocycles. The molecule has 7 nitrogen and oxygen atoms in total. The van der Waals surface area contributed by atoms with Gasteiger partial charge in [0.05, 0.1) is 15.9 Å². The molecule has 0 aliphatic rings. The molecule has 1 N–H and O–H groups in total. The average Bonchev–Trinajstić information content (AvgIpc) is 3.42. The minimum absolute atomic E-state index is 0.0326. The van der Waals surface area contributed by atoms with Crippen molar-refractivity contribution in [2.24, 2.45) is 0 Å². The molecule has 180 valence electrons. The lowest BCUT2D eigenvalue weighted by Crippen LogP contribution is -2.30. The topological polar surface area (TPSA) is 84.3 Å². The van der Waals surface area contributed by atoms with Crippen LogP contribution < -0.4 is 5.32 Å². The van der Waals surface area contributed by atoms with Crippen LogP contribution in [0.3, 0.4) is 0 Å². The number of fused-ring (bicyclic) bond motifs is 2. The minimum atomic E-state index is -3.55. The molecule has 2 aromatic heterocycles. The summed E-state index contributed by atoms with van der Waals surface area (Å²) < 4.78 is 30.5. The zero-order valence-corrected chi connectivity index (χ0v) is 21.4. The second-order valence-electron chi connectivity index (χ2n) is 8.05. The van der Waals surface area contributed by atoms with Gasteiger partial charge < -0.3 is 9.88 Å². The first-order chi connectivity index (χ1) is 16.4. The molecule has 2 aromatic carbocycles. The molecule has 34 heavy (non-hydrogen) atoms. The van der Waals surface area contributed by atoms with Crippen molar-refractivity contribution in [3.05, 3.63) is 59.2 Å². The molecule has 0 radical (unpaired) electrons. The van der Waals surface area contributed by atoms with E-state index in [0.29, 0.717) is 44.5 Å². The summed E-state index contributed by atoms with van der Waals surface area (Å²) in [5, 5.41) is 6.28. The van der Waals surface area contributed by atoms with E-state index in [4.69, 9.17) is 4.98 Å². The van der Waals surface area contributed by atoms with Crippen molar-refractivity contribution in [3.63, 3.8) is 0 Å². The van der Waals surface area contributed by atoms with Crippen LogP contribution in [0.25, 0.3) is 21.1 Å². The summed E-state index contributed by atoms with van der Waals surface area (Å²) in [6, 6.07) is 13.3. The van der Waals surface area contributed by atoms with Crippen LogP contribution in [0.5, 0.6) is 0 Å². The van der Waals surface area contributed by atoms with E-state index in [-0.39, 0.29) is 10.8 Å². The van der Waals surface area contributed by atoms with E-state index in [1.807, 2.05) is 43.5 Å². The standard InChI is InChI=1S/C25H30N4O3S2/c1-4-28(5-2)34(31,32)19-11-12-22-21(15-19)27-24(29(22)6-3)13-14-25(30)26-16-18-17-33-23-10-8-7-9-20(18)23/h7-12,15,17H,4-6,13-14,16H2,1-3H3,(H,26,30). The Morgan fingerprint density at radius 2 is 1.88 bits per heavy atom. The van der Waals surface area contributed by atoms with E-state index in [0.717, 1.165) is 16.9 Å². The highest BCUT2D eigenvalue weighted by Crippen LogP contribution is 2.26. The number of benzene rings is 2.